The number of hydrogen-bond donors (Lipinski definition) is 4. The summed E-state index contributed by atoms with van der Waals surface area (Å²) >= 11 is 0. The molecule has 0 aliphatic heterocycles. The van der Waals surface area contributed by atoms with Crippen LogP contribution in [-0.2, 0) is 31.0 Å². The molecule has 4 aromatic heterocycles. The van der Waals surface area contributed by atoms with E-state index in [-0.39, 0.29) is 54.5 Å². The average Bonchev–Trinajstić information content (AvgIpc) is 4.05. The summed E-state index contributed by atoms with van der Waals surface area (Å²) in [6, 6.07) is 9.47. The van der Waals surface area contributed by atoms with E-state index in [9.17, 15) is 24.0 Å². The molecular formula is C45H57N13O7. The lowest BCUT2D eigenvalue weighted by Gasteiger charge is -2.19. The van der Waals surface area contributed by atoms with Crippen molar-refractivity contribution in [2.75, 3.05) is 37.9 Å². The lowest BCUT2D eigenvalue weighted by Crippen LogP contribution is -2.29. The lowest BCUT2D eigenvalue weighted by atomic mass is 10.0. The van der Waals surface area contributed by atoms with Crippen LogP contribution in [0.25, 0.3) is 22.1 Å². The van der Waals surface area contributed by atoms with Crippen LogP contribution in [0.15, 0.2) is 48.6 Å². The Labute approximate surface area is 375 Å². The van der Waals surface area contributed by atoms with E-state index in [4.69, 9.17) is 30.9 Å². The van der Waals surface area contributed by atoms with Crippen LogP contribution in [0.4, 0.5) is 11.9 Å². The van der Waals surface area contributed by atoms with Gasteiger partial charge in [0, 0.05) is 57.3 Å². The van der Waals surface area contributed by atoms with Gasteiger partial charge in [-0.25, -0.2) is 9.97 Å². The van der Waals surface area contributed by atoms with Gasteiger partial charge in [-0.1, -0.05) is 32.4 Å². The van der Waals surface area contributed by atoms with E-state index >= 15 is 0 Å². The molecule has 344 valence electrons. The molecule has 0 aliphatic rings. The van der Waals surface area contributed by atoms with Crippen LogP contribution in [0, 0.1) is 19.8 Å². The molecule has 5 amide bonds. The minimum absolute atomic E-state index is 0.0494. The van der Waals surface area contributed by atoms with Gasteiger partial charge in [0.1, 0.15) is 33.9 Å². The first-order chi connectivity index (χ1) is 31.1. The summed E-state index contributed by atoms with van der Waals surface area (Å²) in [5.41, 5.74) is 15.4. The number of nitrogens with one attached hydrogen (secondary N) is 2. The number of carbonyl (C=O) groups excluding carboxylic acids is 5. The van der Waals surface area contributed by atoms with Crippen LogP contribution in [0.2, 0.25) is 0 Å². The maximum atomic E-state index is 13.8. The summed E-state index contributed by atoms with van der Waals surface area (Å²) in [6.45, 7) is 13.3. The zero-order valence-electron chi connectivity index (χ0n) is 38.1. The van der Waals surface area contributed by atoms with E-state index in [0.717, 1.165) is 6.42 Å². The number of benzene rings is 2. The highest BCUT2D eigenvalue weighted by Crippen LogP contribution is 2.33. The molecule has 1 atom stereocenters. The van der Waals surface area contributed by atoms with Crippen LogP contribution >= 0.6 is 0 Å². The van der Waals surface area contributed by atoms with Crippen LogP contribution in [0.5, 0.6) is 11.5 Å². The third-order valence-corrected chi connectivity index (χ3v) is 11.0. The first-order valence-corrected chi connectivity index (χ1v) is 21.5. The number of allylic oxidation sites excluding steroid dienone is 2. The molecule has 20 nitrogen and oxygen atoms in total. The van der Waals surface area contributed by atoms with Gasteiger partial charge in [-0.05, 0) is 76.4 Å². The van der Waals surface area contributed by atoms with Gasteiger partial charge in [0.2, 0.25) is 29.6 Å². The fourth-order valence-electron chi connectivity index (χ4n) is 7.39. The van der Waals surface area contributed by atoms with Gasteiger partial charge in [0.15, 0.2) is 0 Å². The van der Waals surface area contributed by atoms with Crippen molar-refractivity contribution in [2.24, 2.45) is 17.4 Å². The maximum absolute atomic E-state index is 13.8. The Hall–Kier alpha value is -7.51. The number of primary amides is 2. The Morgan fingerprint density at radius 3 is 1.68 bits per heavy atom. The Kier molecular flexibility index (Phi) is 14.7. The zero-order valence-corrected chi connectivity index (χ0v) is 38.1. The Balaban J connectivity index is 1.37. The number of aryl methyl sites for hydroxylation is 4. The minimum Gasteiger partial charge on any atom is -0.494 e. The SMILES string of the molecule is CCC(C)CC(=O)N(C)CCCOc1cc(C(N)=O)cc2nc(NC(=O)c3cc(C)nn3CC)n(C/C=C/Cn3c(NC(=O)c4cc(C)nn4CC)nc4cc(C(N)=O)cc(OC)c43)c12. The maximum Gasteiger partial charge on any atom is 0.276 e. The second-order valence-corrected chi connectivity index (χ2v) is 15.8. The number of rotatable bonds is 21. The van der Waals surface area contributed by atoms with E-state index < -0.39 is 23.6 Å². The smallest absolute Gasteiger partial charge is 0.276 e. The number of imidazole rings is 2. The van der Waals surface area contributed by atoms with Gasteiger partial charge in [-0.15, -0.1) is 0 Å². The molecule has 0 radical (unpaired) electrons. The topological polar surface area (TPSA) is 254 Å². The van der Waals surface area contributed by atoms with Gasteiger partial charge in [-0.3, -0.25) is 44.0 Å². The summed E-state index contributed by atoms with van der Waals surface area (Å²) in [5, 5.41) is 14.7. The third kappa shape index (κ3) is 10.5. The van der Waals surface area contributed by atoms with Crippen molar-refractivity contribution < 1.29 is 33.4 Å². The van der Waals surface area contributed by atoms with Crippen LogP contribution in [-0.4, -0.2) is 100 Å². The Morgan fingerprint density at radius 1 is 0.754 bits per heavy atom. The molecule has 0 spiro atoms. The highest BCUT2D eigenvalue weighted by Gasteiger charge is 2.24. The molecule has 1 unspecified atom stereocenters. The number of amides is 5. The van der Waals surface area contributed by atoms with Crippen molar-refractivity contribution in [3.8, 4) is 11.5 Å². The van der Waals surface area contributed by atoms with Gasteiger partial charge >= 0.3 is 0 Å². The number of nitrogens with zero attached hydrogens (tertiary/aromatic N) is 9. The molecule has 0 aliphatic carbocycles. The number of hydrogen-bond acceptors (Lipinski definition) is 11. The van der Waals surface area contributed by atoms with Gasteiger partial charge < -0.3 is 35.0 Å². The third-order valence-electron chi connectivity index (χ3n) is 11.0. The number of nitrogens with two attached hydrogens (primary N) is 2. The first-order valence-electron chi connectivity index (χ1n) is 21.5. The molecule has 6 N–H and O–H groups in total. The molecule has 0 bridgehead atoms. The molecule has 0 saturated carbocycles. The molecule has 0 fully saturated rings. The quantitative estimate of drug-likeness (QED) is 0.0548. The van der Waals surface area contributed by atoms with Crippen molar-refractivity contribution >= 4 is 63.5 Å². The average molecular weight is 892 g/mol. The predicted molar refractivity (Wildman–Crippen MR) is 245 cm³/mol. The number of ether oxygens (including phenoxy) is 2. The first kappa shape index (κ1) is 47.0. The monoisotopic (exact) mass is 891 g/mol. The fourth-order valence-corrected chi connectivity index (χ4v) is 7.39. The molecule has 6 aromatic rings. The number of anilines is 2. The van der Waals surface area contributed by atoms with Crippen LogP contribution in [0.1, 0.15) is 100 Å². The summed E-state index contributed by atoms with van der Waals surface area (Å²) in [5.74, 6) is -1.03. The number of carbonyl (C=O) groups is 5. The van der Waals surface area contributed by atoms with E-state index in [1.165, 1.54) is 31.4 Å². The molecule has 4 heterocycles. The van der Waals surface area contributed by atoms with Crippen molar-refractivity contribution in [1.82, 2.24) is 43.6 Å². The normalized spacial score (nSPS) is 11.9. The highest BCUT2D eigenvalue weighted by molar-refractivity contribution is 6.05. The van der Waals surface area contributed by atoms with Crippen LogP contribution < -0.4 is 31.6 Å². The standard InChI is InChI=1S/C45H57N13O7/c1-9-26(4)19-37(59)54(7)15-14-18-65-36-25-30(41(47)61)23-32-39(36)56(45(49-32)51-43(63)34-21-28(6)53-58(34)11-3)17-13-12-16-55-38-31(22-29(40(46)60)24-35(38)64-8)48-44(55)50-42(62)33-20-27(5)52-57(33)10-2/h12-13,20-26H,9-11,14-19H2,1-8H3,(H2,46,60)(H2,47,61)(H,48,50,62)(H,49,51,63)/b13-12+. The number of aromatic nitrogens is 8. The Bertz CT molecular complexity index is 2790. The molecular weight excluding hydrogens is 835 g/mol. The van der Waals surface area contributed by atoms with E-state index in [0.29, 0.717) is 88.8 Å². The minimum atomic E-state index is -0.697. The molecule has 0 saturated heterocycles. The summed E-state index contributed by atoms with van der Waals surface area (Å²) in [4.78, 5) is 76.3. The molecule has 6 rings (SSSR count). The summed E-state index contributed by atoms with van der Waals surface area (Å²) in [6.07, 6.45) is 5.51. The summed E-state index contributed by atoms with van der Waals surface area (Å²) < 4.78 is 18.7. The molecule has 20 heteroatoms. The highest BCUT2D eigenvalue weighted by atomic mass is 16.5. The summed E-state index contributed by atoms with van der Waals surface area (Å²) in [7, 11) is 3.22. The molecule has 65 heavy (non-hydrogen) atoms. The second kappa shape index (κ2) is 20.3. The second-order valence-electron chi connectivity index (χ2n) is 15.8. The number of methoxy groups -OCH3 is 1. The van der Waals surface area contributed by atoms with E-state index in [2.05, 4.69) is 27.8 Å². The van der Waals surface area contributed by atoms with Crippen molar-refractivity contribution in [3.05, 3.63) is 82.5 Å². The van der Waals surface area contributed by atoms with Crippen molar-refractivity contribution in [1.29, 1.82) is 0 Å². The molecule has 2 aromatic carbocycles. The van der Waals surface area contributed by atoms with Gasteiger partial charge in [0.25, 0.3) is 11.8 Å². The van der Waals surface area contributed by atoms with Crippen LogP contribution in [0.3, 0.4) is 0 Å². The van der Waals surface area contributed by atoms with Gasteiger partial charge in [-0.2, -0.15) is 10.2 Å². The van der Waals surface area contributed by atoms with Crippen molar-refractivity contribution in [3.63, 3.8) is 0 Å². The fraction of sp³-hybridized carbons (Fsp3) is 0.400. The number of fused-ring (bicyclic) bond motifs is 2. The van der Waals surface area contributed by atoms with Crippen molar-refractivity contribution in [2.45, 2.75) is 87.0 Å². The predicted octanol–water partition coefficient (Wildman–Crippen LogP) is 5.07. The van der Waals surface area contributed by atoms with Gasteiger partial charge in [0.05, 0.1) is 36.1 Å². The lowest BCUT2D eigenvalue weighted by molar-refractivity contribution is -0.130. The van der Waals surface area contributed by atoms with E-state index in [1.54, 1.807) is 56.4 Å². The largest absolute Gasteiger partial charge is 0.494 e. The Morgan fingerprint density at radius 2 is 1.23 bits per heavy atom. The zero-order chi connectivity index (χ0) is 47.1. The van der Waals surface area contributed by atoms with E-state index in [1.807, 2.05) is 32.9 Å².